The van der Waals surface area contributed by atoms with Gasteiger partial charge in [0.25, 0.3) is 0 Å². The van der Waals surface area contributed by atoms with Crippen LogP contribution in [0.3, 0.4) is 0 Å². The van der Waals surface area contributed by atoms with Gasteiger partial charge in [-0.3, -0.25) is 0 Å². The number of hydrogen-bond acceptors (Lipinski definition) is 6. The highest BCUT2D eigenvalue weighted by Gasteiger charge is 2.13. The normalized spacial score (nSPS) is 10.9. The molecule has 0 aromatic heterocycles. The first-order valence-electron chi connectivity index (χ1n) is 6.76. The summed E-state index contributed by atoms with van der Waals surface area (Å²) in [5.74, 6) is 1.30. The molecule has 0 spiro atoms. The second kappa shape index (κ2) is 7.73. The van der Waals surface area contributed by atoms with Crippen LogP contribution in [-0.2, 0) is 9.84 Å². The van der Waals surface area contributed by atoms with Crippen molar-refractivity contribution in [2.75, 3.05) is 26.1 Å². The monoisotopic (exact) mass is 338 g/mol. The van der Waals surface area contributed by atoms with Gasteiger partial charge in [-0.05, 0) is 48.5 Å². The summed E-state index contributed by atoms with van der Waals surface area (Å²) < 4.78 is 44.4. The molecule has 0 unspecified atom stereocenters. The summed E-state index contributed by atoms with van der Waals surface area (Å²) in [5.41, 5.74) is 0. The van der Waals surface area contributed by atoms with E-state index < -0.39 is 21.7 Å². The molecule has 6 nitrogen and oxygen atoms in total. The van der Waals surface area contributed by atoms with E-state index in [1.54, 1.807) is 62.8 Å². The van der Waals surface area contributed by atoms with Crippen molar-refractivity contribution in [3.05, 3.63) is 48.5 Å². The summed E-state index contributed by atoms with van der Waals surface area (Å²) in [4.78, 5) is 0. The summed E-state index contributed by atoms with van der Waals surface area (Å²) >= 11 is 0. The molecular weight excluding hydrogens is 320 g/mol. The molecule has 2 aromatic rings. The van der Waals surface area contributed by atoms with E-state index in [2.05, 4.69) is 0 Å². The van der Waals surface area contributed by atoms with E-state index in [1.165, 1.54) is 0 Å². The lowest BCUT2D eigenvalue weighted by molar-refractivity contribution is 0.345. The maximum Gasteiger partial charge on any atom is 0.219 e. The van der Waals surface area contributed by atoms with Gasteiger partial charge in [-0.15, -0.1) is 0 Å². The Labute approximate surface area is 135 Å². The Morgan fingerprint density at radius 3 is 1.26 bits per heavy atom. The third-order valence-electron chi connectivity index (χ3n) is 2.93. The van der Waals surface area contributed by atoms with Crippen molar-refractivity contribution < 1.29 is 27.4 Å². The molecule has 0 aliphatic rings. The molecule has 0 saturated heterocycles. The molecule has 0 amide bonds. The molecule has 0 atom stereocenters. The number of rotatable bonds is 8. The largest absolute Gasteiger partial charge is 0.497 e. The Balaban J connectivity index is 1.85. The topological polar surface area (TPSA) is 71.1 Å². The molecule has 23 heavy (non-hydrogen) atoms. The fourth-order valence-corrected chi connectivity index (χ4v) is 2.39. The lowest BCUT2D eigenvalue weighted by Gasteiger charge is -2.10. The molecule has 0 N–H and O–H groups in total. The van der Waals surface area contributed by atoms with Crippen LogP contribution >= 0.6 is 0 Å². The summed E-state index contributed by atoms with van der Waals surface area (Å²) in [7, 11) is -0.411. The predicted molar refractivity (Wildman–Crippen MR) is 85.9 cm³/mol. The standard InChI is InChI=1S/C16H18O6S/c1-19-13-3-7-15(8-4-13)21-11-23(17,18)12-22-16-9-5-14(20-2)6-10-16/h3-10H,11-12H2,1-2H3. The minimum absolute atomic E-state index is 0.443. The van der Waals surface area contributed by atoms with Crippen LogP contribution < -0.4 is 18.9 Å². The van der Waals surface area contributed by atoms with Crippen molar-refractivity contribution in [2.45, 2.75) is 0 Å². The Morgan fingerprint density at radius 2 is 0.957 bits per heavy atom. The quantitative estimate of drug-likeness (QED) is 0.736. The smallest absolute Gasteiger partial charge is 0.219 e. The average Bonchev–Trinajstić information content (AvgIpc) is 2.59. The molecule has 0 heterocycles. The fourth-order valence-electron chi connectivity index (χ4n) is 1.69. The first-order chi connectivity index (χ1) is 11.0. The van der Waals surface area contributed by atoms with Gasteiger partial charge in [0.2, 0.25) is 9.84 Å². The molecule has 0 fully saturated rings. The molecule has 0 aliphatic heterocycles. The van der Waals surface area contributed by atoms with Crippen molar-refractivity contribution in [2.24, 2.45) is 0 Å². The Kier molecular flexibility index (Phi) is 5.70. The van der Waals surface area contributed by atoms with Gasteiger partial charge in [-0.2, -0.15) is 0 Å². The molecule has 0 bridgehead atoms. The van der Waals surface area contributed by atoms with Crippen LogP contribution in [0.4, 0.5) is 0 Å². The van der Waals surface area contributed by atoms with Crippen LogP contribution in [-0.4, -0.2) is 34.5 Å². The van der Waals surface area contributed by atoms with Crippen LogP contribution in [0.2, 0.25) is 0 Å². The second-order valence-electron chi connectivity index (χ2n) is 4.62. The highest BCUT2D eigenvalue weighted by atomic mass is 32.2. The maximum atomic E-state index is 11.9. The minimum atomic E-state index is -3.52. The lowest BCUT2D eigenvalue weighted by Crippen LogP contribution is -2.19. The van der Waals surface area contributed by atoms with Crippen molar-refractivity contribution in [1.29, 1.82) is 0 Å². The van der Waals surface area contributed by atoms with Gasteiger partial charge in [-0.1, -0.05) is 0 Å². The predicted octanol–water partition coefficient (Wildman–Crippen LogP) is 2.49. The zero-order chi connectivity index (χ0) is 16.7. The fraction of sp³-hybridized carbons (Fsp3) is 0.250. The van der Waals surface area contributed by atoms with E-state index >= 15 is 0 Å². The van der Waals surface area contributed by atoms with E-state index in [4.69, 9.17) is 18.9 Å². The highest BCUT2D eigenvalue weighted by molar-refractivity contribution is 7.91. The maximum absolute atomic E-state index is 11.9. The lowest BCUT2D eigenvalue weighted by atomic mass is 10.3. The first-order valence-corrected chi connectivity index (χ1v) is 8.59. The SMILES string of the molecule is COc1ccc(OCS(=O)(=O)COc2ccc(OC)cc2)cc1. The van der Waals surface area contributed by atoms with E-state index in [0.717, 1.165) is 0 Å². The number of benzene rings is 2. The summed E-state index contributed by atoms with van der Waals surface area (Å²) in [6.07, 6.45) is 0. The molecular formula is C16H18O6S. The Morgan fingerprint density at radius 1 is 0.652 bits per heavy atom. The summed E-state index contributed by atoms with van der Waals surface area (Å²) in [6.45, 7) is 0. The van der Waals surface area contributed by atoms with Crippen LogP contribution in [0.1, 0.15) is 0 Å². The van der Waals surface area contributed by atoms with Crippen molar-refractivity contribution in [1.82, 2.24) is 0 Å². The van der Waals surface area contributed by atoms with Crippen molar-refractivity contribution >= 4 is 9.84 Å². The Bertz CT molecular complexity index is 650. The van der Waals surface area contributed by atoms with Crippen LogP contribution in [0.15, 0.2) is 48.5 Å². The van der Waals surface area contributed by atoms with E-state index in [-0.39, 0.29) is 0 Å². The molecule has 0 radical (unpaired) electrons. The number of ether oxygens (including phenoxy) is 4. The molecule has 2 aromatic carbocycles. The van der Waals surface area contributed by atoms with Gasteiger partial charge < -0.3 is 18.9 Å². The highest BCUT2D eigenvalue weighted by Crippen LogP contribution is 2.19. The molecule has 0 saturated carbocycles. The molecule has 7 heteroatoms. The zero-order valence-corrected chi connectivity index (χ0v) is 13.7. The van der Waals surface area contributed by atoms with Gasteiger partial charge in [0.1, 0.15) is 23.0 Å². The molecule has 124 valence electrons. The van der Waals surface area contributed by atoms with Crippen molar-refractivity contribution in [3.8, 4) is 23.0 Å². The summed E-state index contributed by atoms with van der Waals surface area (Å²) in [6, 6.07) is 13.3. The van der Waals surface area contributed by atoms with E-state index in [1.807, 2.05) is 0 Å². The number of sulfone groups is 1. The second-order valence-corrected chi connectivity index (χ2v) is 6.58. The third-order valence-corrected chi connectivity index (χ3v) is 3.88. The van der Waals surface area contributed by atoms with Crippen LogP contribution in [0, 0.1) is 0 Å². The number of hydrogen-bond donors (Lipinski definition) is 0. The average molecular weight is 338 g/mol. The molecule has 0 aliphatic carbocycles. The molecule has 2 rings (SSSR count). The van der Waals surface area contributed by atoms with Crippen molar-refractivity contribution in [3.63, 3.8) is 0 Å². The third kappa shape index (κ3) is 5.37. The van der Waals surface area contributed by atoms with Crippen LogP contribution in [0.25, 0.3) is 0 Å². The van der Waals surface area contributed by atoms with Gasteiger partial charge in [0.15, 0.2) is 11.9 Å². The van der Waals surface area contributed by atoms with E-state index in [0.29, 0.717) is 23.0 Å². The van der Waals surface area contributed by atoms with Gasteiger partial charge in [0, 0.05) is 0 Å². The Hall–Kier alpha value is -2.41. The zero-order valence-electron chi connectivity index (χ0n) is 12.9. The number of methoxy groups -OCH3 is 2. The minimum Gasteiger partial charge on any atom is -0.497 e. The van der Waals surface area contributed by atoms with E-state index in [9.17, 15) is 8.42 Å². The summed E-state index contributed by atoms with van der Waals surface area (Å²) in [5, 5.41) is 0. The van der Waals surface area contributed by atoms with Gasteiger partial charge >= 0.3 is 0 Å². The van der Waals surface area contributed by atoms with Gasteiger partial charge in [-0.25, -0.2) is 8.42 Å². The van der Waals surface area contributed by atoms with Gasteiger partial charge in [0.05, 0.1) is 14.2 Å². The first kappa shape index (κ1) is 17.0. The van der Waals surface area contributed by atoms with Crippen LogP contribution in [0.5, 0.6) is 23.0 Å².